The van der Waals surface area contributed by atoms with Crippen LogP contribution < -0.4 is 5.73 Å². The molecule has 2 N–H and O–H groups in total. The lowest BCUT2D eigenvalue weighted by atomic mass is 10.1. The number of hydrogen-bond donors (Lipinski definition) is 1. The average Bonchev–Trinajstić information content (AvgIpc) is 2.92. The summed E-state index contributed by atoms with van der Waals surface area (Å²) in [5.74, 6) is 0.548. The van der Waals surface area contributed by atoms with E-state index in [1.165, 1.54) is 0 Å². The van der Waals surface area contributed by atoms with E-state index < -0.39 is 0 Å². The van der Waals surface area contributed by atoms with Crippen LogP contribution in [0.4, 0.5) is 5.69 Å². The highest BCUT2D eigenvalue weighted by molar-refractivity contribution is 9.10. The number of anilines is 1. The maximum Gasteiger partial charge on any atom is 0.189 e. The van der Waals surface area contributed by atoms with Crippen molar-refractivity contribution in [3.8, 4) is 17.1 Å². The Hall–Kier alpha value is -1.92. The molecule has 100 valence electrons. The van der Waals surface area contributed by atoms with Gasteiger partial charge in [0.15, 0.2) is 5.82 Å². The topological polar surface area (TPSA) is 69.6 Å². The Morgan fingerprint density at radius 2 is 1.85 bits per heavy atom. The normalized spacial score (nSPS) is 10.7. The van der Waals surface area contributed by atoms with E-state index in [9.17, 15) is 0 Å². The van der Waals surface area contributed by atoms with Crippen LogP contribution in [0.3, 0.4) is 0 Å². The van der Waals surface area contributed by atoms with Crippen molar-refractivity contribution in [1.82, 2.24) is 20.2 Å². The summed E-state index contributed by atoms with van der Waals surface area (Å²) in [6, 6.07) is 13.0. The summed E-state index contributed by atoms with van der Waals surface area (Å²) in [6.07, 6.45) is 0. The van der Waals surface area contributed by atoms with Crippen LogP contribution in [0.2, 0.25) is 5.02 Å². The highest BCUT2D eigenvalue weighted by Crippen LogP contribution is 2.30. The number of benzene rings is 2. The lowest BCUT2D eigenvalue weighted by Crippen LogP contribution is -2.01. The summed E-state index contributed by atoms with van der Waals surface area (Å²) in [4.78, 5) is 0. The smallest absolute Gasteiger partial charge is 0.189 e. The van der Waals surface area contributed by atoms with Gasteiger partial charge in [0.2, 0.25) is 0 Å². The SMILES string of the molecule is Nc1c(Cl)cccc1-c1nnnn1-c1ccc(Br)cc1. The van der Waals surface area contributed by atoms with Crippen LogP contribution >= 0.6 is 27.5 Å². The van der Waals surface area contributed by atoms with Crippen molar-refractivity contribution < 1.29 is 0 Å². The Morgan fingerprint density at radius 3 is 2.60 bits per heavy atom. The molecule has 0 amide bonds. The molecule has 0 aliphatic rings. The van der Waals surface area contributed by atoms with E-state index in [0.717, 1.165) is 10.2 Å². The lowest BCUT2D eigenvalue weighted by Gasteiger charge is -2.08. The van der Waals surface area contributed by atoms with Crippen molar-refractivity contribution in [2.24, 2.45) is 0 Å². The van der Waals surface area contributed by atoms with E-state index in [4.69, 9.17) is 17.3 Å². The number of nitrogen functional groups attached to an aromatic ring is 1. The molecule has 0 saturated carbocycles. The van der Waals surface area contributed by atoms with E-state index in [-0.39, 0.29) is 0 Å². The summed E-state index contributed by atoms with van der Waals surface area (Å²) < 4.78 is 2.60. The number of hydrogen-bond acceptors (Lipinski definition) is 4. The van der Waals surface area contributed by atoms with Crippen molar-refractivity contribution in [2.75, 3.05) is 5.73 Å². The molecule has 0 fully saturated rings. The first-order valence-electron chi connectivity index (χ1n) is 5.75. The molecule has 0 spiro atoms. The van der Waals surface area contributed by atoms with Gasteiger partial charge in [-0.1, -0.05) is 33.6 Å². The average molecular weight is 351 g/mol. The minimum Gasteiger partial charge on any atom is -0.397 e. The molecule has 0 unspecified atom stereocenters. The summed E-state index contributed by atoms with van der Waals surface area (Å²) in [5.41, 5.74) is 8.00. The van der Waals surface area contributed by atoms with Crippen LogP contribution in [-0.2, 0) is 0 Å². The highest BCUT2D eigenvalue weighted by atomic mass is 79.9. The van der Waals surface area contributed by atoms with Gasteiger partial charge >= 0.3 is 0 Å². The predicted molar refractivity (Wildman–Crippen MR) is 81.7 cm³/mol. The van der Waals surface area contributed by atoms with E-state index in [2.05, 4.69) is 31.5 Å². The minimum absolute atomic E-state index is 0.460. The van der Waals surface area contributed by atoms with Crippen LogP contribution in [0.5, 0.6) is 0 Å². The third kappa shape index (κ3) is 2.28. The molecule has 1 aromatic heterocycles. The van der Waals surface area contributed by atoms with Gasteiger partial charge in [-0.15, -0.1) is 5.10 Å². The zero-order valence-corrected chi connectivity index (χ0v) is 12.5. The maximum absolute atomic E-state index is 6.04. The standard InChI is InChI=1S/C13H9BrClN5/c14-8-4-6-9(7-5-8)20-13(17-18-19-20)10-2-1-3-11(15)12(10)16/h1-7H,16H2. The molecule has 3 aromatic rings. The second-order valence-electron chi connectivity index (χ2n) is 4.09. The molecule has 3 rings (SSSR count). The summed E-state index contributed by atoms with van der Waals surface area (Å²) in [5, 5.41) is 12.2. The van der Waals surface area contributed by atoms with Gasteiger partial charge in [-0.25, -0.2) is 0 Å². The van der Waals surface area contributed by atoms with Crippen LogP contribution in [0.25, 0.3) is 17.1 Å². The monoisotopic (exact) mass is 349 g/mol. The predicted octanol–water partition coefficient (Wildman–Crippen LogP) is 3.33. The molecular weight excluding hydrogens is 342 g/mol. The molecule has 7 heteroatoms. The van der Waals surface area contributed by atoms with Crippen molar-refractivity contribution in [2.45, 2.75) is 0 Å². The van der Waals surface area contributed by atoms with Gasteiger partial charge in [-0.05, 0) is 46.8 Å². The third-order valence-electron chi connectivity index (χ3n) is 2.83. The molecule has 20 heavy (non-hydrogen) atoms. The van der Waals surface area contributed by atoms with Gasteiger partial charge in [0, 0.05) is 10.0 Å². The van der Waals surface area contributed by atoms with Crippen molar-refractivity contribution >= 4 is 33.2 Å². The number of tetrazole rings is 1. The number of halogens is 2. The second-order valence-corrected chi connectivity index (χ2v) is 5.41. The van der Waals surface area contributed by atoms with Gasteiger partial charge in [0.1, 0.15) is 0 Å². The van der Waals surface area contributed by atoms with Gasteiger partial charge in [0.05, 0.1) is 16.4 Å². The molecule has 0 radical (unpaired) electrons. The fraction of sp³-hybridized carbons (Fsp3) is 0. The zero-order valence-electron chi connectivity index (χ0n) is 10.2. The van der Waals surface area contributed by atoms with E-state index in [1.54, 1.807) is 10.7 Å². The van der Waals surface area contributed by atoms with E-state index in [0.29, 0.717) is 22.1 Å². The van der Waals surface area contributed by atoms with E-state index in [1.807, 2.05) is 36.4 Å². The Kier molecular flexibility index (Phi) is 3.42. The number of rotatable bonds is 2. The molecule has 0 bridgehead atoms. The largest absolute Gasteiger partial charge is 0.397 e. The third-order valence-corrected chi connectivity index (χ3v) is 3.69. The maximum atomic E-state index is 6.04. The number of nitrogens with two attached hydrogens (primary N) is 1. The number of nitrogens with zero attached hydrogens (tertiary/aromatic N) is 4. The summed E-state index contributed by atoms with van der Waals surface area (Å²) in [6.45, 7) is 0. The van der Waals surface area contributed by atoms with Crippen molar-refractivity contribution in [3.63, 3.8) is 0 Å². The Bertz CT molecular complexity index is 754. The van der Waals surface area contributed by atoms with Gasteiger partial charge in [-0.2, -0.15) is 4.68 Å². The molecule has 0 aliphatic heterocycles. The number of para-hydroxylation sites is 1. The Labute approximate surface area is 128 Å². The van der Waals surface area contributed by atoms with Crippen LogP contribution in [0.1, 0.15) is 0 Å². The van der Waals surface area contributed by atoms with E-state index >= 15 is 0 Å². The Morgan fingerprint density at radius 1 is 1.10 bits per heavy atom. The molecule has 0 atom stereocenters. The lowest BCUT2D eigenvalue weighted by molar-refractivity contribution is 0.791. The molecule has 0 saturated heterocycles. The number of aromatic nitrogens is 4. The first kappa shape index (κ1) is 13.1. The highest BCUT2D eigenvalue weighted by Gasteiger charge is 2.14. The van der Waals surface area contributed by atoms with Gasteiger partial charge in [-0.3, -0.25) is 0 Å². The first-order valence-corrected chi connectivity index (χ1v) is 6.92. The second kappa shape index (κ2) is 5.22. The quantitative estimate of drug-likeness (QED) is 0.720. The molecule has 0 aliphatic carbocycles. The summed E-state index contributed by atoms with van der Waals surface area (Å²) in [7, 11) is 0. The van der Waals surface area contributed by atoms with Crippen LogP contribution in [-0.4, -0.2) is 20.2 Å². The summed E-state index contributed by atoms with van der Waals surface area (Å²) >= 11 is 9.44. The molecule has 1 heterocycles. The minimum atomic E-state index is 0.460. The molecule has 5 nitrogen and oxygen atoms in total. The molecule has 2 aromatic carbocycles. The fourth-order valence-electron chi connectivity index (χ4n) is 1.84. The molecular formula is C13H9BrClN5. The zero-order chi connectivity index (χ0) is 14.1. The van der Waals surface area contributed by atoms with Crippen LogP contribution in [0.15, 0.2) is 46.9 Å². The van der Waals surface area contributed by atoms with Gasteiger partial charge < -0.3 is 5.73 Å². The first-order chi connectivity index (χ1) is 9.66. The van der Waals surface area contributed by atoms with Crippen LogP contribution in [0, 0.1) is 0 Å². The fourth-order valence-corrected chi connectivity index (χ4v) is 2.28. The van der Waals surface area contributed by atoms with Gasteiger partial charge in [0.25, 0.3) is 0 Å². The van der Waals surface area contributed by atoms with Crippen molar-refractivity contribution in [3.05, 3.63) is 52.0 Å². The Balaban J connectivity index is 2.15. The van der Waals surface area contributed by atoms with Crippen molar-refractivity contribution in [1.29, 1.82) is 0 Å².